The molecule has 0 radical (unpaired) electrons. The van der Waals surface area contributed by atoms with E-state index in [0.717, 1.165) is 7.11 Å². The minimum atomic E-state index is -4.33. The summed E-state index contributed by atoms with van der Waals surface area (Å²) in [4.78, 5) is 9.79. The van der Waals surface area contributed by atoms with Gasteiger partial charge in [-0.25, -0.2) is 0 Å². The Labute approximate surface area is 56.0 Å². The van der Waals surface area contributed by atoms with Gasteiger partial charge in [0.15, 0.2) is 0 Å². The van der Waals surface area contributed by atoms with Gasteiger partial charge < -0.3 is 9.53 Å². The second kappa shape index (κ2) is 3.55. The fraction of sp³-hybridized carbons (Fsp3) is 0.800. The van der Waals surface area contributed by atoms with Crippen molar-refractivity contribution in [1.82, 2.24) is 0 Å². The summed E-state index contributed by atoms with van der Waals surface area (Å²) in [5.74, 6) is 0. The number of hydrogen-bond donors (Lipinski definition) is 0. The molecule has 0 heterocycles. The molecule has 0 fully saturated rings. The molecule has 0 saturated heterocycles. The fourth-order valence-electron chi connectivity index (χ4n) is 0.415. The van der Waals surface area contributed by atoms with Crippen molar-refractivity contribution < 1.29 is 22.7 Å². The molecule has 0 aromatic heterocycles. The van der Waals surface area contributed by atoms with E-state index in [-0.39, 0.29) is 6.29 Å². The first kappa shape index (κ1) is 9.42. The second-order valence-corrected chi connectivity index (χ2v) is 1.73. The lowest BCUT2D eigenvalue weighted by Crippen LogP contribution is -2.22. The van der Waals surface area contributed by atoms with E-state index in [4.69, 9.17) is 0 Å². The molecule has 5 heteroatoms. The first-order valence-corrected chi connectivity index (χ1v) is 2.54. The number of halogens is 3. The van der Waals surface area contributed by atoms with E-state index in [0.29, 0.717) is 0 Å². The van der Waals surface area contributed by atoms with Gasteiger partial charge in [0.05, 0.1) is 6.42 Å². The summed E-state index contributed by atoms with van der Waals surface area (Å²) in [7, 11) is 1.06. The van der Waals surface area contributed by atoms with Crippen LogP contribution < -0.4 is 0 Å². The Balaban J connectivity index is 3.74. The van der Waals surface area contributed by atoms with Gasteiger partial charge >= 0.3 is 6.18 Å². The third kappa shape index (κ3) is 4.31. The van der Waals surface area contributed by atoms with Gasteiger partial charge in [0.1, 0.15) is 12.4 Å². The maximum Gasteiger partial charge on any atom is 0.392 e. The third-order valence-electron chi connectivity index (χ3n) is 0.887. The zero-order chi connectivity index (χ0) is 8.20. The molecule has 0 amide bonds. The highest BCUT2D eigenvalue weighted by Crippen LogP contribution is 2.21. The van der Waals surface area contributed by atoms with E-state index >= 15 is 0 Å². The Morgan fingerprint density at radius 2 is 2.10 bits per heavy atom. The molecule has 60 valence electrons. The van der Waals surface area contributed by atoms with Crippen molar-refractivity contribution in [1.29, 1.82) is 0 Å². The van der Waals surface area contributed by atoms with Crippen molar-refractivity contribution in [3.8, 4) is 0 Å². The summed E-state index contributed by atoms with van der Waals surface area (Å²) in [5, 5.41) is 0. The SMILES string of the molecule is COC(C=O)CC(F)(F)F. The number of ether oxygens (including phenoxy) is 1. The third-order valence-corrected chi connectivity index (χ3v) is 0.887. The topological polar surface area (TPSA) is 26.3 Å². The van der Waals surface area contributed by atoms with Gasteiger partial charge in [0.2, 0.25) is 0 Å². The van der Waals surface area contributed by atoms with Crippen LogP contribution in [0.3, 0.4) is 0 Å². The Kier molecular flexibility index (Phi) is 3.35. The van der Waals surface area contributed by atoms with Gasteiger partial charge in [-0.3, -0.25) is 0 Å². The summed E-state index contributed by atoms with van der Waals surface area (Å²) in [6.07, 6.45) is -6.78. The van der Waals surface area contributed by atoms with Gasteiger partial charge in [-0.15, -0.1) is 0 Å². The summed E-state index contributed by atoms with van der Waals surface area (Å²) in [6.45, 7) is 0. The lowest BCUT2D eigenvalue weighted by Gasteiger charge is -2.09. The van der Waals surface area contributed by atoms with Crippen LogP contribution in [0.5, 0.6) is 0 Å². The number of methoxy groups -OCH3 is 1. The number of rotatable bonds is 3. The van der Waals surface area contributed by atoms with Crippen LogP contribution in [0.2, 0.25) is 0 Å². The van der Waals surface area contributed by atoms with E-state index in [1.54, 1.807) is 0 Å². The number of alkyl halides is 3. The van der Waals surface area contributed by atoms with Gasteiger partial charge in [-0.05, 0) is 0 Å². The predicted molar refractivity (Wildman–Crippen MR) is 27.5 cm³/mol. The van der Waals surface area contributed by atoms with Gasteiger partial charge in [0, 0.05) is 7.11 Å². The van der Waals surface area contributed by atoms with Crippen LogP contribution in [0.1, 0.15) is 6.42 Å². The van der Waals surface area contributed by atoms with Crippen LogP contribution in [-0.2, 0) is 9.53 Å². The monoisotopic (exact) mass is 156 g/mol. The first-order valence-electron chi connectivity index (χ1n) is 2.54. The minimum Gasteiger partial charge on any atom is -0.374 e. The molecule has 0 saturated carbocycles. The van der Waals surface area contributed by atoms with Gasteiger partial charge in [0.25, 0.3) is 0 Å². The quantitative estimate of drug-likeness (QED) is 0.573. The lowest BCUT2D eigenvalue weighted by atomic mass is 10.3. The van der Waals surface area contributed by atoms with Crippen LogP contribution in [0, 0.1) is 0 Å². The van der Waals surface area contributed by atoms with Crippen LogP contribution >= 0.6 is 0 Å². The van der Waals surface area contributed by atoms with E-state index < -0.39 is 18.7 Å². The van der Waals surface area contributed by atoms with E-state index in [2.05, 4.69) is 4.74 Å². The molecule has 0 bridgehead atoms. The highest BCUT2D eigenvalue weighted by Gasteiger charge is 2.31. The zero-order valence-electron chi connectivity index (χ0n) is 5.31. The average Bonchev–Trinajstić information content (AvgIpc) is 1.81. The van der Waals surface area contributed by atoms with Crippen molar-refractivity contribution in [3.05, 3.63) is 0 Å². The summed E-state index contributed by atoms with van der Waals surface area (Å²) in [5.41, 5.74) is 0. The Morgan fingerprint density at radius 3 is 2.20 bits per heavy atom. The molecule has 0 N–H and O–H groups in total. The number of carbonyl (C=O) groups excluding carboxylic acids is 1. The van der Waals surface area contributed by atoms with E-state index in [1.165, 1.54) is 0 Å². The van der Waals surface area contributed by atoms with Crippen molar-refractivity contribution in [2.75, 3.05) is 7.11 Å². The molecule has 0 rings (SSSR count). The standard InChI is InChI=1S/C5H7F3O2/c1-10-4(3-9)2-5(6,7)8/h3-4H,2H2,1H3. The summed E-state index contributed by atoms with van der Waals surface area (Å²) in [6, 6.07) is 0. The molecule has 0 aliphatic heterocycles. The molecule has 0 aliphatic rings. The largest absolute Gasteiger partial charge is 0.392 e. The molecular weight excluding hydrogens is 149 g/mol. The molecule has 10 heavy (non-hydrogen) atoms. The zero-order valence-corrected chi connectivity index (χ0v) is 5.31. The van der Waals surface area contributed by atoms with Crippen LogP contribution in [0.25, 0.3) is 0 Å². The van der Waals surface area contributed by atoms with E-state index in [1.807, 2.05) is 0 Å². The first-order chi connectivity index (χ1) is 4.49. The van der Waals surface area contributed by atoms with E-state index in [9.17, 15) is 18.0 Å². The van der Waals surface area contributed by atoms with Crippen LogP contribution in [-0.4, -0.2) is 25.7 Å². The van der Waals surface area contributed by atoms with Crippen LogP contribution in [0.15, 0.2) is 0 Å². The lowest BCUT2D eigenvalue weighted by molar-refractivity contribution is -0.160. The Hall–Kier alpha value is -0.580. The normalized spacial score (nSPS) is 14.8. The molecule has 1 unspecified atom stereocenters. The van der Waals surface area contributed by atoms with Gasteiger partial charge in [-0.1, -0.05) is 0 Å². The highest BCUT2D eigenvalue weighted by atomic mass is 19.4. The molecule has 1 atom stereocenters. The van der Waals surface area contributed by atoms with Crippen molar-refractivity contribution >= 4 is 6.29 Å². The molecule has 0 spiro atoms. The number of aldehydes is 1. The van der Waals surface area contributed by atoms with Crippen LogP contribution in [0.4, 0.5) is 13.2 Å². The Morgan fingerprint density at radius 1 is 1.60 bits per heavy atom. The smallest absolute Gasteiger partial charge is 0.374 e. The number of carbonyl (C=O) groups is 1. The van der Waals surface area contributed by atoms with Crippen molar-refractivity contribution in [2.24, 2.45) is 0 Å². The fourth-order valence-corrected chi connectivity index (χ4v) is 0.415. The minimum absolute atomic E-state index is 0.132. The molecule has 2 nitrogen and oxygen atoms in total. The average molecular weight is 156 g/mol. The highest BCUT2D eigenvalue weighted by molar-refractivity contribution is 5.55. The maximum absolute atomic E-state index is 11.4. The molecule has 0 aromatic rings. The predicted octanol–water partition coefficient (Wildman–Crippen LogP) is 1.15. The molecule has 0 aromatic carbocycles. The second-order valence-electron chi connectivity index (χ2n) is 1.73. The maximum atomic E-state index is 11.4. The molecular formula is C5H7F3O2. The summed E-state index contributed by atoms with van der Waals surface area (Å²) >= 11 is 0. The molecule has 0 aliphatic carbocycles. The van der Waals surface area contributed by atoms with Crippen molar-refractivity contribution in [2.45, 2.75) is 18.7 Å². The van der Waals surface area contributed by atoms with Gasteiger partial charge in [-0.2, -0.15) is 13.2 Å². The number of hydrogen-bond acceptors (Lipinski definition) is 2. The van der Waals surface area contributed by atoms with Crippen molar-refractivity contribution in [3.63, 3.8) is 0 Å². The Bertz CT molecular complexity index is 110. The summed E-state index contributed by atoms with van der Waals surface area (Å²) < 4.78 is 38.5.